The standard InChI is InChI=1S/C10H12ClNO2S/c1-14-8-3-5-15-9(8)10(13)12-4-2-7(11)6-12/h3,5,7H,2,4,6H2,1H3. The Morgan fingerprint density at radius 3 is 3.13 bits per heavy atom. The number of methoxy groups -OCH3 is 1. The number of hydrogen-bond donors (Lipinski definition) is 0. The van der Waals surface area contributed by atoms with Crippen molar-refractivity contribution in [3.05, 3.63) is 16.3 Å². The molecule has 15 heavy (non-hydrogen) atoms. The number of nitrogens with zero attached hydrogens (tertiary/aromatic N) is 1. The zero-order valence-corrected chi connectivity index (χ0v) is 9.98. The molecule has 2 rings (SSSR count). The van der Waals surface area contributed by atoms with Gasteiger partial charge in [0.05, 0.1) is 12.5 Å². The summed E-state index contributed by atoms with van der Waals surface area (Å²) in [5.74, 6) is 0.688. The van der Waals surface area contributed by atoms with E-state index in [4.69, 9.17) is 16.3 Å². The summed E-state index contributed by atoms with van der Waals surface area (Å²) < 4.78 is 5.12. The number of hydrogen-bond acceptors (Lipinski definition) is 3. The second-order valence-corrected chi connectivity index (χ2v) is 4.99. The molecule has 0 aliphatic carbocycles. The number of carbonyl (C=O) groups is 1. The molecular weight excluding hydrogens is 234 g/mol. The molecule has 1 aromatic heterocycles. The van der Waals surface area contributed by atoms with E-state index in [-0.39, 0.29) is 11.3 Å². The Morgan fingerprint density at radius 1 is 1.73 bits per heavy atom. The molecule has 1 aliphatic rings. The largest absolute Gasteiger partial charge is 0.495 e. The maximum absolute atomic E-state index is 12.0. The number of thiophene rings is 1. The molecule has 1 fully saturated rings. The van der Waals surface area contributed by atoms with E-state index in [1.165, 1.54) is 11.3 Å². The van der Waals surface area contributed by atoms with Crippen molar-refractivity contribution in [1.29, 1.82) is 0 Å². The SMILES string of the molecule is COc1ccsc1C(=O)N1CCC(Cl)C1. The van der Waals surface area contributed by atoms with Crippen molar-refractivity contribution in [2.24, 2.45) is 0 Å². The summed E-state index contributed by atoms with van der Waals surface area (Å²) in [7, 11) is 1.58. The molecule has 0 bridgehead atoms. The molecule has 1 saturated heterocycles. The highest BCUT2D eigenvalue weighted by Crippen LogP contribution is 2.27. The summed E-state index contributed by atoms with van der Waals surface area (Å²) in [6.07, 6.45) is 0.876. The number of carbonyl (C=O) groups excluding carboxylic acids is 1. The number of amides is 1. The van der Waals surface area contributed by atoms with E-state index in [0.717, 1.165) is 13.0 Å². The van der Waals surface area contributed by atoms with Gasteiger partial charge in [-0.2, -0.15) is 0 Å². The first-order chi connectivity index (χ1) is 7.22. The Bertz CT molecular complexity index is 366. The van der Waals surface area contributed by atoms with Gasteiger partial charge in [0, 0.05) is 13.1 Å². The van der Waals surface area contributed by atoms with E-state index in [9.17, 15) is 4.79 Å². The van der Waals surface area contributed by atoms with Gasteiger partial charge in [0.2, 0.25) is 0 Å². The Balaban J connectivity index is 2.14. The van der Waals surface area contributed by atoms with Crippen LogP contribution >= 0.6 is 22.9 Å². The highest BCUT2D eigenvalue weighted by molar-refractivity contribution is 7.12. The summed E-state index contributed by atoms with van der Waals surface area (Å²) in [4.78, 5) is 14.5. The summed E-state index contributed by atoms with van der Waals surface area (Å²) in [6.45, 7) is 1.38. The molecule has 1 aromatic rings. The predicted molar refractivity (Wildman–Crippen MR) is 61.0 cm³/mol. The monoisotopic (exact) mass is 245 g/mol. The fourth-order valence-corrected chi connectivity index (χ4v) is 2.75. The van der Waals surface area contributed by atoms with Crippen molar-refractivity contribution in [1.82, 2.24) is 4.90 Å². The van der Waals surface area contributed by atoms with Crippen LogP contribution in [-0.2, 0) is 0 Å². The van der Waals surface area contributed by atoms with E-state index in [1.54, 1.807) is 12.0 Å². The number of likely N-dealkylation sites (tertiary alicyclic amines) is 1. The second kappa shape index (κ2) is 4.41. The minimum absolute atomic E-state index is 0.0324. The van der Waals surface area contributed by atoms with Crippen molar-refractivity contribution < 1.29 is 9.53 Å². The van der Waals surface area contributed by atoms with Crippen molar-refractivity contribution in [2.75, 3.05) is 20.2 Å². The highest BCUT2D eigenvalue weighted by Gasteiger charge is 2.27. The third kappa shape index (κ3) is 2.11. The van der Waals surface area contributed by atoms with Gasteiger partial charge in [0.25, 0.3) is 5.91 Å². The van der Waals surface area contributed by atoms with Gasteiger partial charge in [-0.3, -0.25) is 4.79 Å². The van der Waals surface area contributed by atoms with Gasteiger partial charge in [-0.1, -0.05) is 0 Å². The smallest absolute Gasteiger partial charge is 0.267 e. The average Bonchev–Trinajstić information content (AvgIpc) is 2.84. The molecule has 5 heteroatoms. The minimum atomic E-state index is 0.0324. The van der Waals surface area contributed by atoms with Gasteiger partial charge < -0.3 is 9.64 Å². The lowest BCUT2D eigenvalue weighted by Crippen LogP contribution is -2.28. The second-order valence-electron chi connectivity index (χ2n) is 3.46. The summed E-state index contributed by atoms with van der Waals surface area (Å²) in [5.41, 5.74) is 0. The van der Waals surface area contributed by atoms with Crippen molar-refractivity contribution in [3.63, 3.8) is 0 Å². The summed E-state index contributed by atoms with van der Waals surface area (Å²) >= 11 is 7.38. The molecule has 0 aromatic carbocycles. The van der Waals surface area contributed by atoms with Crippen molar-refractivity contribution in [2.45, 2.75) is 11.8 Å². The van der Waals surface area contributed by atoms with Crippen LogP contribution in [0.4, 0.5) is 0 Å². The zero-order valence-electron chi connectivity index (χ0n) is 8.40. The number of halogens is 1. The molecule has 0 radical (unpaired) electrons. The fraction of sp³-hybridized carbons (Fsp3) is 0.500. The first kappa shape index (κ1) is 10.8. The van der Waals surface area contributed by atoms with Gasteiger partial charge >= 0.3 is 0 Å². The number of alkyl halides is 1. The number of rotatable bonds is 2. The van der Waals surface area contributed by atoms with Crippen molar-refractivity contribution >= 4 is 28.8 Å². The first-order valence-corrected chi connectivity index (χ1v) is 6.09. The molecule has 1 atom stereocenters. The summed E-state index contributed by atoms with van der Waals surface area (Å²) in [5, 5.41) is 1.96. The van der Waals surface area contributed by atoms with E-state index < -0.39 is 0 Å². The van der Waals surface area contributed by atoms with Gasteiger partial charge in [0.15, 0.2) is 0 Å². The molecule has 0 saturated carbocycles. The van der Waals surface area contributed by atoms with E-state index in [1.807, 2.05) is 11.4 Å². The Hall–Kier alpha value is -0.740. The molecule has 0 N–H and O–H groups in total. The molecule has 82 valence electrons. The van der Waals surface area contributed by atoms with Gasteiger partial charge in [-0.15, -0.1) is 22.9 Å². The molecule has 0 spiro atoms. The van der Waals surface area contributed by atoms with Crippen molar-refractivity contribution in [3.8, 4) is 5.75 Å². The van der Waals surface area contributed by atoms with Crippen LogP contribution in [-0.4, -0.2) is 36.4 Å². The third-order valence-electron chi connectivity index (χ3n) is 2.46. The lowest BCUT2D eigenvalue weighted by atomic mass is 10.4. The lowest BCUT2D eigenvalue weighted by Gasteiger charge is -2.14. The molecule has 1 unspecified atom stereocenters. The Morgan fingerprint density at radius 2 is 2.53 bits per heavy atom. The van der Waals surface area contributed by atoms with E-state index in [2.05, 4.69) is 0 Å². The average molecular weight is 246 g/mol. The normalized spacial score (nSPS) is 20.7. The molecule has 1 aliphatic heterocycles. The quantitative estimate of drug-likeness (QED) is 0.748. The van der Waals surface area contributed by atoms with Crippen LogP contribution < -0.4 is 4.74 Å². The molecule has 1 amide bonds. The van der Waals surface area contributed by atoms with Gasteiger partial charge in [-0.05, 0) is 17.9 Å². The first-order valence-electron chi connectivity index (χ1n) is 4.77. The van der Waals surface area contributed by atoms with Gasteiger partial charge in [-0.25, -0.2) is 0 Å². The van der Waals surface area contributed by atoms with Crippen LogP contribution in [0.15, 0.2) is 11.4 Å². The maximum Gasteiger partial charge on any atom is 0.267 e. The van der Waals surface area contributed by atoms with Crippen LogP contribution in [0, 0.1) is 0 Å². The zero-order chi connectivity index (χ0) is 10.8. The van der Waals surface area contributed by atoms with Crippen LogP contribution in [0.5, 0.6) is 5.75 Å². The van der Waals surface area contributed by atoms with Crippen LogP contribution in [0.25, 0.3) is 0 Å². The molecular formula is C10H12ClNO2S. The van der Waals surface area contributed by atoms with Crippen LogP contribution in [0.1, 0.15) is 16.1 Å². The van der Waals surface area contributed by atoms with Crippen LogP contribution in [0.3, 0.4) is 0 Å². The van der Waals surface area contributed by atoms with E-state index in [0.29, 0.717) is 17.2 Å². The summed E-state index contributed by atoms with van der Waals surface area (Å²) in [6, 6.07) is 1.81. The third-order valence-corrected chi connectivity index (χ3v) is 3.70. The molecule has 2 heterocycles. The topological polar surface area (TPSA) is 29.5 Å². The Kier molecular flexibility index (Phi) is 3.17. The highest BCUT2D eigenvalue weighted by atomic mass is 35.5. The number of ether oxygens (including phenoxy) is 1. The fourth-order valence-electron chi connectivity index (χ4n) is 1.66. The molecule has 3 nitrogen and oxygen atoms in total. The van der Waals surface area contributed by atoms with E-state index >= 15 is 0 Å². The predicted octanol–water partition coefficient (Wildman–Crippen LogP) is 2.21. The minimum Gasteiger partial charge on any atom is -0.495 e. The maximum atomic E-state index is 12.0. The van der Waals surface area contributed by atoms with Gasteiger partial charge in [0.1, 0.15) is 10.6 Å². The van der Waals surface area contributed by atoms with Crippen LogP contribution in [0.2, 0.25) is 0 Å². The Labute approximate surface area is 97.6 Å². The lowest BCUT2D eigenvalue weighted by molar-refractivity contribution is 0.0795.